The molecule has 2 N–H and O–H groups in total. The van der Waals surface area contributed by atoms with Gasteiger partial charge in [0, 0.05) is 69.3 Å². The number of anilines is 2. The van der Waals surface area contributed by atoms with Crippen LogP contribution in [0.1, 0.15) is 6.92 Å². The molecule has 32 heavy (non-hydrogen) atoms. The third-order valence-electron chi connectivity index (χ3n) is 4.65. The summed E-state index contributed by atoms with van der Waals surface area (Å²) >= 11 is 0. The van der Waals surface area contributed by atoms with Crippen LogP contribution in [0.3, 0.4) is 0 Å². The van der Waals surface area contributed by atoms with Gasteiger partial charge in [-0.25, -0.2) is 13.6 Å². The fourth-order valence-corrected chi connectivity index (χ4v) is 3.04. The van der Waals surface area contributed by atoms with E-state index in [2.05, 4.69) is 15.4 Å². The molecule has 0 spiro atoms. The van der Waals surface area contributed by atoms with Crippen LogP contribution in [0.25, 0.3) is 0 Å². The van der Waals surface area contributed by atoms with Crippen LogP contribution in [0.15, 0.2) is 36.4 Å². The number of nitrogens with zero attached hydrogens (tertiary/aromatic N) is 2. The van der Waals surface area contributed by atoms with Crippen LogP contribution >= 0.6 is 0 Å². The summed E-state index contributed by atoms with van der Waals surface area (Å²) in [4.78, 5) is 24.9. The van der Waals surface area contributed by atoms with Crippen molar-refractivity contribution in [3.05, 3.63) is 48.0 Å². The fraction of sp³-hybridized carbons (Fsp3) is 0.364. The molecular formula is C22H28F2N4O4. The molecule has 3 rings (SSSR count). The highest BCUT2D eigenvalue weighted by molar-refractivity contribution is 5.70. The Bertz CT molecular complexity index is 882. The molecule has 1 saturated heterocycles. The molecular weight excluding hydrogens is 422 g/mol. The van der Waals surface area contributed by atoms with Crippen molar-refractivity contribution in [3.63, 3.8) is 0 Å². The summed E-state index contributed by atoms with van der Waals surface area (Å²) < 4.78 is 36.7. The van der Waals surface area contributed by atoms with Crippen molar-refractivity contribution in [3.8, 4) is 11.5 Å². The van der Waals surface area contributed by atoms with E-state index in [1.165, 1.54) is 26.3 Å². The Labute approximate surface area is 186 Å². The number of carbonyl (C=O) groups excluding carboxylic acids is 2. The zero-order valence-electron chi connectivity index (χ0n) is 18.4. The first-order chi connectivity index (χ1) is 15.4. The van der Waals surface area contributed by atoms with Crippen molar-refractivity contribution in [2.24, 2.45) is 0 Å². The Balaban J connectivity index is 0.000000235. The van der Waals surface area contributed by atoms with Crippen molar-refractivity contribution in [2.45, 2.75) is 6.92 Å². The van der Waals surface area contributed by atoms with Gasteiger partial charge in [0.2, 0.25) is 6.41 Å². The molecule has 2 amide bonds. The van der Waals surface area contributed by atoms with Gasteiger partial charge in [-0.1, -0.05) is 6.07 Å². The number of ether oxygens (including phenoxy) is 2. The second-order valence-electron chi connectivity index (χ2n) is 6.77. The van der Waals surface area contributed by atoms with Crippen LogP contribution in [-0.4, -0.2) is 64.3 Å². The Hall–Kier alpha value is -3.56. The fourth-order valence-electron chi connectivity index (χ4n) is 3.04. The second kappa shape index (κ2) is 12.3. The molecule has 10 heteroatoms. The van der Waals surface area contributed by atoms with Gasteiger partial charge in [0.25, 0.3) is 0 Å². The first kappa shape index (κ1) is 24.7. The maximum atomic E-state index is 13.6. The number of piperazine rings is 1. The van der Waals surface area contributed by atoms with Gasteiger partial charge < -0.3 is 29.9 Å². The maximum absolute atomic E-state index is 13.6. The van der Waals surface area contributed by atoms with E-state index >= 15 is 0 Å². The lowest BCUT2D eigenvalue weighted by Crippen LogP contribution is -2.45. The molecule has 0 aliphatic carbocycles. The smallest absolute Gasteiger partial charge is 0.412 e. The first-order valence-corrected chi connectivity index (χ1v) is 10.1. The number of carbonyl (C=O) groups is 2. The topological polar surface area (TPSA) is 83.1 Å². The molecule has 0 unspecified atom stereocenters. The SMILES string of the molecule is CCNc1cccc(OC(=O)NC)c1.COc1c(F)cc(N2CCN(C=O)CC2)cc1F. The summed E-state index contributed by atoms with van der Waals surface area (Å²) in [6.45, 7) is 5.07. The molecule has 8 nitrogen and oxygen atoms in total. The van der Waals surface area contributed by atoms with Crippen LogP contribution < -0.4 is 25.0 Å². The lowest BCUT2D eigenvalue weighted by Gasteiger charge is -2.34. The van der Waals surface area contributed by atoms with Crippen molar-refractivity contribution in [1.29, 1.82) is 0 Å². The van der Waals surface area contributed by atoms with E-state index in [0.29, 0.717) is 37.6 Å². The quantitative estimate of drug-likeness (QED) is 0.659. The number of amides is 2. The highest BCUT2D eigenvalue weighted by Crippen LogP contribution is 2.28. The number of hydrogen-bond acceptors (Lipinski definition) is 6. The first-order valence-electron chi connectivity index (χ1n) is 10.1. The normalized spacial score (nSPS) is 12.9. The number of methoxy groups -OCH3 is 1. The molecule has 174 valence electrons. The molecule has 0 saturated carbocycles. The van der Waals surface area contributed by atoms with Crippen molar-refractivity contribution < 1.29 is 27.8 Å². The predicted octanol–water partition coefficient (Wildman–Crippen LogP) is 3.09. The van der Waals surface area contributed by atoms with Gasteiger partial charge in [0.05, 0.1) is 7.11 Å². The van der Waals surface area contributed by atoms with E-state index in [0.717, 1.165) is 18.6 Å². The number of halogens is 2. The Morgan fingerprint density at radius 3 is 2.31 bits per heavy atom. The minimum atomic E-state index is -0.717. The zero-order valence-corrected chi connectivity index (χ0v) is 18.4. The summed E-state index contributed by atoms with van der Waals surface area (Å²) in [5.74, 6) is -1.27. The molecule has 2 aromatic carbocycles. The average Bonchev–Trinajstić information content (AvgIpc) is 2.80. The molecule has 0 bridgehead atoms. The summed E-state index contributed by atoms with van der Waals surface area (Å²) in [6.07, 6.45) is 0.325. The van der Waals surface area contributed by atoms with E-state index in [1.54, 1.807) is 17.0 Å². The van der Waals surface area contributed by atoms with Crippen LogP contribution in [0.5, 0.6) is 11.5 Å². The molecule has 0 aromatic heterocycles. The van der Waals surface area contributed by atoms with Crippen molar-refractivity contribution in [1.82, 2.24) is 10.2 Å². The largest absolute Gasteiger partial charge is 0.491 e. The third kappa shape index (κ3) is 7.00. The molecule has 0 radical (unpaired) electrons. The minimum Gasteiger partial charge on any atom is -0.491 e. The summed E-state index contributed by atoms with van der Waals surface area (Å²) in [7, 11) is 2.75. The van der Waals surface area contributed by atoms with Gasteiger partial charge in [-0.3, -0.25) is 4.79 Å². The van der Waals surface area contributed by atoms with Crippen molar-refractivity contribution >= 4 is 23.9 Å². The predicted molar refractivity (Wildman–Crippen MR) is 118 cm³/mol. The number of benzene rings is 2. The van der Waals surface area contributed by atoms with Crippen molar-refractivity contribution in [2.75, 3.05) is 57.1 Å². The summed E-state index contributed by atoms with van der Waals surface area (Å²) in [6, 6.07) is 9.75. The number of nitrogens with one attached hydrogen (secondary N) is 2. The summed E-state index contributed by atoms with van der Waals surface area (Å²) in [5.41, 5.74) is 1.41. The Morgan fingerprint density at radius 1 is 1.12 bits per heavy atom. The molecule has 1 heterocycles. The van der Waals surface area contributed by atoms with Gasteiger partial charge in [-0.2, -0.15) is 0 Å². The molecule has 1 aliphatic rings. The van der Waals surface area contributed by atoms with Gasteiger partial charge in [0.15, 0.2) is 17.4 Å². The van der Waals surface area contributed by atoms with E-state index in [9.17, 15) is 18.4 Å². The number of hydrogen-bond donors (Lipinski definition) is 2. The molecule has 0 atom stereocenters. The average molecular weight is 450 g/mol. The molecule has 2 aromatic rings. The minimum absolute atomic E-state index is 0.370. The highest BCUT2D eigenvalue weighted by Gasteiger charge is 2.19. The van der Waals surface area contributed by atoms with E-state index in [-0.39, 0.29) is 5.75 Å². The Morgan fingerprint density at radius 2 is 1.78 bits per heavy atom. The van der Waals surface area contributed by atoms with Gasteiger partial charge in [0.1, 0.15) is 5.75 Å². The lowest BCUT2D eigenvalue weighted by atomic mass is 10.2. The maximum Gasteiger partial charge on any atom is 0.412 e. The summed E-state index contributed by atoms with van der Waals surface area (Å²) in [5, 5.41) is 5.51. The monoisotopic (exact) mass is 450 g/mol. The van der Waals surface area contributed by atoms with Crippen LogP contribution in [-0.2, 0) is 4.79 Å². The van der Waals surface area contributed by atoms with Gasteiger partial charge in [-0.05, 0) is 19.1 Å². The van der Waals surface area contributed by atoms with Crippen LogP contribution in [0.2, 0.25) is 0 Å². The number of rotatable bonds is 6. The van der Waals surface area contributed by atoms with E-state index in [1.807, 2.05) is 24.0 Å². The third-order valence-corrected chi connectivity index (χ3v) is 4.65. The molecule has 1 aliphatic heterocycles. The second-order valence-corrected chi connectivity index (χ2v) is 6.77. The van der Waals surface area contributed by atoms with E-state index < -0.39 is 17.7 Å². The van der Waals surface area contributed by atoms with E-state index in [4.69, 9.17) is 4.74 Å². The highest BCUT2D eigenvalue weighted by atomic mass is 19.1. The van der Waals surface area contributed by atoms with Gasteiger partial charge in [-0.15, -0.1) is 0 Å². The van der Waals surface area contributed by atoms with Crippen LogP contribution in [0.4, 0.5) is 25.0 Å². The Kier molecular flexibility index (Phi) is 9.52. The van der Waals surface area contributed by atoms with Crippen LogP contribution in [0, 0.1) is 11.6 Å². The molecule has 1 fully saturated rings. The zero-order chi connectivity index (χ0) is 23.5. The lowest BCUT2D eigenvalue weighted by molar-refractivity contribution is -0.118. The van der Waals surface area contributed by atoms with Gasteiger partial charge >= 0.3 is 6.09 Å². The standard InChI is InChI=1S/C12H14F2N2O2.C10H14N2O2/c1-18-12-10(13)6-9(7-11(12)14)16-4-2-15(8-17)3-5-16;1-3-12-8-5-4-6-9(7-8)14-10(13)11-2/h6-8H,2-5H2,1H3;4-7,12H,3H2,1-2H3,(H,11,13).